The minimum absolute atomic E-state index is 0.282. The summed E-state index contributed by atoms with van der Waals surface area (Å²) in [7, 11) is 1.49. The average molecular weight is 418 g/mol. The standard InChI is InChI=1S/C24H26N4O3/c1-15-5-7-18(8-6-15)14-28-17(3)20(16(2)27-28)10-12-23(29)26-21-13-19(24(25)30)9-11-22(21)31-4/h5-13H,14H2,1-4H3,(H2,25,30)(H,26,29)/b12-10+. The highest BCUT2D eigenvalue weighted by atomic mass is 16.5. The molecule has 2 amide bonds. The van der Waals surface area contributed by atoms with Gasteiger partial charge in [-0.2, -0.15) is 5.10 Å². The second-order valence-corrected chi connectivity index (χ2v) is 7.33. The third-order valence-corrected chi connectivity index (χ3v) is 5.03. The Hall–Kier alpha value is -3.87. The lowest BCUT2D eigenvalue weighted by Gasteiger charge is -2.10. The van der Waals surface area contributed by atoms with Crippen LogP contribution in [0.5, 0.6) is 5.75 Å². The molecule has 7 heteroatoms. The van der Waals surface area contributed by atoms with Crippen LogP contribution in [0.3, 0.4) is 0 Å². The monoisotopic (exact) mass is 418 g/mol. The number of nitrogens with zero attached hydrogens (tertiary/aromatic N) is 2. The molecular weight excluding hydrogens is 392 g/mol. The Morgan fingerprint density at radius 2 is 1.84 bits per heavy atom. The van der Waals surface area contributed by atoms with Gasteiger partial charge in [0.05, 0.1) is 25.0 Å². The van der Waals surface area contributed by atoms with E-state index in [0.29, 0.717) is 18.0 Å². The summed E-state index contributed by atoms with van der Waals surface area (Å²) in [6.45, 7) is 6.60. The van der Waals surface area contributed by atoms with Crippen LogP contribution in [-0.2, 0) is 11.3 Å². The number of rotatable bonds is 7. The number of amides is 2. The van der Waals surface area contributed by atoms with E-state index in [4.69, 9.17) is 10.5 Å². The van der Waals surface area contributed by atoms with Gasteiger partial charge < -0.3 is 15.8 Å². The summed E-state index contributed by atoms with van der Waals surface area (Å²) in [5, 5.41) is 7.34. The molecule has 3 rings (SSSR count). The molecule has 0 radical (unpaired) electrons. The highest BCUT2D eigenvalue weighted by Gasteiger charge is 2.12. The maximum atomic E-state index is 12.5. The molecule has 31 heavy (non-hydrogen) atoms. The molecule has 0 aliphatic carbocycles. The summed E-state index contributed by atoms with van der Waals surface area (Å²) < 4.78 is 7.17. The van der Waals surface area contributed by atoms with Crippen LogP contribution in [-0.4, -0.2) is 28.7 Å². The first-order valence-corrected chi connectivity index (χ1v) is 9.85. The molecule has 0 saturated carbocycles. The normalized spacial score (nSPS) is 11.0. The first kappa shape index (κ1) is 21.8. The van der Waals surface area contributed by atoms with Gasteiger partial charge in [0.25, 0.3) is 0 Å². The smallest absolute Gasteiger partial charge is 0.248 e. The van der Waals surface area contributed by atoms with Crippen molar-refractivity contribution < 1.29 is 14.3 Å². The molecule has 0 bridgehead atoms. The van der Waals surface area contributed by atoms with Gasteiger partial charge in [-0.15, -0.1) is 0 Å². The second kappa shape index (κ2) is 9.30. The Balaban J connectivity index is 1.77. The predicted molar refractivity (Wildman–Crippen MR) is 121 cm³/mol. The quantitative estimate of drug-likeness (QED) is 0.573. The van der Waals surface area contributed by atoms with Crippen LogP contribution in [0.2, 0.25) is 0 Å². The maximum Gasteiger partial charge on any atom is 0.248 e. The van der Waals surface area contributed by atoms with E-state index in [1.54, 1.807) is 18.2 Å². The largest absolute Gasteiger partial charge is 0.495 e. The molecule has 1 heterocycles. The van der Waals surface area contributed by atoms with E-state index in [2.05, 4.69) is 41.6 Å². The third kappa shape index (κ3) is 5.19. The number of anilines is 1. The van der Waals surface area contributed by atoms with E-state index in [9.17, 15) is 9.59 Å². The summed E-state index contributed by atoms with van der Waals surface area (Å²) in [5.41, 5.74) is 11.0. The number of nitrogens with two attached hydrogens (primary N) is 1. The molecule has 0 aliphatic heterocycles. The van der Waals surface area contributed by atoms with E-state index in [0.717, 1.165) is 22.5 Å². The highest BCUT2D eigenvalue weighted by Crippen LogP contribution is 2.25. The third-order valence-electron chi connectivity index (χ3n) is 5.03. The number of hydrogen-bond acceptors (Lipinski definition) is 4. The minimum Gasteiger partial charge on any atom is -0.495 e. The van der Waals surface area contributed by atoms with Crippen molar-refractivity contribution in [3.05, 3.63) is 82.2 Å². The maximum absolute atomic E-state index is 12.5. The highest BCUT2D eigenvalue weighted by molar-refractivity contribution is 6.04. The van der Waals surface area contributed by atoms with Crippen LogP contribution in [0.4, 0.5) is 5.69 Å². The van der Waals surface area contributed by atoms with Gasteiger partial charge in [0.2, 0.25) is 11.8 Å². The minimum atomic E-state index is -0.582. The van der Waals surface area contributed by atoms with E-state index >= 15 is 0 Å². The number of hydrogen-bond donors (Lipinski definition) is 2. The van der Waals surface area contributed by atoms with Crippen LogP contribution >= 0.6 is 0 Å². The zero-order valence-electron chi connectivity index (χ0n) is 18.1. The molecule has 1 aromatic heterocycles. The van der Waals surface area contributed by atoms with Gasteiger partial charge in [0, 0.05) is 22.9 Å². The van der Waals surface area contributed by atoms with Gasteiger partial charge in [-0.3, -0.25) is 14.3 Å². The molecule has 3 aromatic rings. The van der Waals surface area contributed by atoms with Crippen LogP contribution in [0, 0.1) is 20.8 Å². The molecular formula is C24H26N4O3. The number of aromatic nitrogens is 2. The van der Waals surface area contributed by atoms with Crippen LogP contribution in [0.1, 0.15) is 38.4 Å². The Morgan fingerprint density at radius 1 is 1.13 bits per heavy atom. The van der Waals surface area contributed by atoms with Gasteiger partial charge in [-0.05, 0) is 50.6 Å². The van der Waals surface area contributed by atoms with Gasteiger partial charge in [0.15, 0.2) is 0 Å². The zero-order chi connectivity index (χ0) is 22.5. The van der Waals surface area contributed by atoms with Crippen molar-refractivity contribution in [1.82, 2.24) is 9.78 Å². The van der Waals surface area contributed by atoms with Crippen LogP contribution < -0.4 is 15.8 Å². The van der Waals surface area contributed by atoms with Crippen molar-refractivity contribution in [2.45, 2.75) is 27.3 Å². The van der Waals surface area contributed by atoms with Gasteiger partial charge >= 0.3 is 0 Å². The summed E-state index contributed by atoms with van der Waals surface area (Å²) in [5.74, 6) is -0.504. The number of carbonyl (C=O) groups excluding carboxylic acids is 2. The number of methoxy groups -OCH3 is 1. The van der Waals surface area contributed by atoms with Crippen molar-refractivity contribution in [3.63, 3.8) is 0 Å². The van der Waals surface area contributed by atoms with E-state index in [1.165, 1.54) is 24.8 Å². The van der Waals surface area contributed by atoms with Crippen molar-refractivity contribution in [2.24, 2.45) is 5.73 Å². The second-order valence-electron chi connectivity index (χ2n) is 7.33. The molecule has 3 N–H and O–H groups in total. The number of ether oxygens (including phenoxy) is 1. The van der Waals surface area contributed by atoms with Gasteiger partial charge in [-0.1, -0.05) is 29.8 Å². The van der Waals surface area contributed by atoms with Gasteiger partial charge in [-0.25, -0.2) is 0 Å². The summed E-state index contributed by atoms with van der Waals surface area (Å²) >= 11 is 0. The first-order chi connectivity index (χ1) is 14.8. The number of primary amides is 1. The number of benzene rings is 2. The topological polar surface area (TPSA) is 99.2 Å². The fourth-order valence-corrected chi connectivity index (χ4v) is 3.26. The molecule has 160 valence electrons. The summed E-state index contributed by atoms with van der Waals surface area (Å²) in [6, 6.07) is 12.9. The predicted octanol–water partition coefficient (Wildman–Crippen LogP) is 3.62. The molecule has 0 aliphatic rings. The summed E-state index contributed by atoms with van der Waals surface area (Å²) in [4.78, 5) is 23.9. The molecule has 2 aromatic carbocycles. The van der Waals surface area contributed by atoms with Crippen LogP contribution in [0.25, 0.3) is 6.08 Å². The Labute approximate surface area is 181 Å². The fraction of sp³-hybridized carbons (Fsp3) is 0.208. The molecule has 0 atom stereocenters. The number of carbonyl (C=O) groups is 2. The van der Waals surface area contributed by atoms with Crippen molar-refractivity contribution in [1.29, 1.82) is 0 Å². The van der Waals surface area contributed by atoms with Crippen LogP contribution in [0.15, 0.2) is 48.5 Å². The van der Waals surface area contributed by atoms with E-state index < -0.39 is 5.91 Å². The molecule has 0 unspecified atom stereocenters. The van der Waals surface area contributed by atoms with Crippen molar-refractivity contribution >= 4 is 23.6 Å². The number of nitrogens with one attached hydrogen (secondary N) is 1. The number of aryl methyl sites for hydroxylation is 2. The van der Waals surface area contributed by atoms with E-state index in [1.807, 2.05) is 18.5 Å². The Kier molecular flexibility index (Phi) is 6.55. The molecule has 0 saturated heterocycles. The Bertz CT molecular complexity index is 1140. The first-order valence-electron chi connectivity index (χ1n) is 9.85. The summed E-state index contributed by atoms with van der Waals surface area (Å²) in [6.07, 6.45) is 3.17. The van der Waals surface area contributed by atoms with E-state index in [-0.39, 0.29) is 11.5 Å². The van der Waals surface area contributed by atoms with Crippen molar-refractivity contribution in [3.8, 4) is 5.75 Å². The SMILES string of the molecule is COc1ccc(C(N)=O)cc1NC(=O)/C=C/c1c(C)nn(Cc2ccc(C)cc2)c1C. The lowest BCUT2D eigenvalue weighted by molar-refractivity contribution is -0.111. The zero-order valence-corrected chi connectivity index (χ0v) is 18.1. The fourth-order valence-electron chi connectivity index (χ4n) is 3.26. The molecule has 0 spiro atoms. The Morgan fingerprint density at radius 3 is 2.48 bits per heavy atom. The average Bonchev–Trinajstić information content (AvgIpc) is 3.00. The van der Waals surface area contributed by atoms with Crippen molar-refractivity contribution in [2.75, 3.05) is 12.4 Å². The molecule has 0 fully saturated rings. The molecule has 7 nitrogen and oxygen atoms in total. The lowest BCUT2D eigenvalue weighted by atomic mass is 10.1. The van der Waals surface area contributed by atoms with Gasteiger partial charge in [0.1, 0.15) is 5.75 Å². The lowest BCUT2D eigenvalue weighted by Crippen LogP contribution is -2.13.